The summed E-state index contributed by atoms with van der Waals surface area (Å²) in [5, 5.41) is 0. The summed E-state index contributed by atoms with van der Waals surface area (Å²) >= 11 is 0. The molecule has 1 unspecified atom stereocenters. The zero-order chi connectivity index (χ0) is 13.7. The average Bonchev–Trinajstić information content (AvgIpc) is 2.24. The molecule has 0 spiro atoms. The number of rotatable bonds is 6. The van der Waals surface area contributed by atoms with Crippen molar-refractivity contribution in [1.82, 2.24) is 0 Å². The number of benzene rings is 1. The van der Waals surface area contributed by atoms with Crippen LogP contribution < -0.4 is 15.2 Å². The molecule has 0 aliphatic carbocycles. The molecule has 0 heterocycles. The molecule has 2 N–H and O–H groups in total. The fraction of sp³-hybridized carbons (Fsp3) is 0.571. The van der Waals surface area contributed by atoms with E-state index in [0.717, 1.165) is 12.8 Å². The lowest BCUT2D eigenvalue weighted by atomic mass is 10.2. The molecule has 3 nitrogen and oxygen atoms in total. The van der Waals surface area contributed by atoms with E-state index in [1.165, 1.54) is 12.1 Å². The van der Waals surface area contributed by atoms with E-state index in [4.69, 9.17) is 15.2 Å². The molecule has 0 fully saturated rings. The van der Waals surface area contributed by atoms with Gasteiger partial charge in [-0.15, -0.1) is 0 Å². The van der Waals surface area contributed by atoms with E-state index in [-0.39, 0.29) is 18.0 Å². The number of halogens is 1. The zero-order valence-corrected chi connectivity index (χ0v) is 11.5. The molecule has 1 aromatic rings. The van der Waals surface area contributed by atoms with Gasteiger partial charge in [-0.05, 0) is 27.2 Å². The van der Waals surface area contributed by atoms with E-state index >= 15 is 0 Å². The van der Waals surface area contributed by atoms with Crippen molar-refractivity contribution in [3.8, 4) is 11.5 Å². The molecule has 4 heteroatoms. The SMILES string of the molecule is CCCC(C)Oc1cc(OC(C)C)c(F)cc1N. The highest BCUT2D eigenvalue weighted by atomic mass is 19.1. The maximum absolute atomic E-state index is 13.6. The first-order valence-corrected chi connectivity index (χ1v) is 6.36. The Morgan fingerprint density at radius 1 is 1.17 bits per heavy atom. The Morgan fingerprint density at radius 2 is 1.83 bits per heavy atom. The number of hydrogen-bond acceptors (Lipinski definition) is 3. The predicted octanol–water partition coefficient (Wildman–Crippen LogP) is 3.76. The first-order valence-electron chi connectivity index (χ1n) is 6.36. The predicted molar refractivity (Wildman–Crippen MR) is 71.6 cm³/mol. The third-order valence-corrected chi connectivity index (χ3v) is 2.45. The minimum absolute atomic E-state index is 0.0506. The van der Waals surface area contributed by atoms with Crippen LogP contribution in [0.2, 0.25) is 0 Å². The standard InChI is InChI=1S/C14H22FNO2/c1-5-6-10(4)18-14-8-13(17-9(2)3)11(15)7-12(14)16/h7-10H,5-6,16H2,1-4H3. The second kappa shape index (κ2) is 6.47. The highest BCUT2D eigenvalue weighted by Crippen LogP contribution is 2.31. The Labute approximate surface area is 108 Å². The number of nitrogen functional groups attached to an aromatic ring is 1. The van der Waals surface area contributed by atoms with Crippen molar-refractivity contribution in [3.63, 3.8) is 0 Å². The van der Waals surface area contributed by atoms with Crippen molar-refractivity contribution in [2.75, 3.05) is 5.73 Å². The Bertz CT molecular complexity index is 394. The van der Waals surface area contributed by atoms with E-state index < -0.39 is 5.82 Å². The first kappa shape index (κ1) is 14.6. The van der Waals surface area contributed by atoms with Crippen molar-refractivity contribution in [2.24, 2.45) is 0 Å². The van der Waals surface area contributed by atoms with Gasteiger partial charge in [0.2, 0.25) is 0 Å². The van der Waals surface area contributed by atoms with Crippen LogP contribution in [0.25, 0.3) is 0 Å². The van der Waals surface area contributed by atoms with Crippen LogP contribution in [0, 0.1) is 5.82 Å². The molecule has 0 aliphatic rings. The van der Waals surface area contributed by atoms with Crippen molar-refractivity contribution in [3.05, 3.63) is 17.9 Å². The smallest absolute Gasteiger partial charge is 0.167 e. The van der Waals surface area contributed by atoms with Crippen LogP contribution in [0.5, 0.6) is 11.5 Å². The Morgan fingerprint density at radius 3 is 2.39 bits per heavy atom. The van der Waals surface area contributed by atoms with E-state index in [0.29, 0.717) is 11.4 Å². The number of nitrogens with two attached hydrogens (primary N) is 1. The molecule has 0 aliphatic heterocycles. The Balaban J connectivity index is 2.90. The van der Waals surface area contributed by atoms with Crippen molar-refractivity contribution in [1.29, 1.82) is 0 Å². The van der Waals surface area contributed by atoms with Gasteiger partial charge in [0.1, 0.15) is 5.75 Å². The highest BCUT2D eigenvalue weighted by molar-refractivity contribution is 5.56. The third kappa shape index (κ3) is 4.09. The molecule has 0 aromatic heterocycles. The first-order chi connectivity index (χ1) is 8.43. The van der Waals surface area contributed by atoms with Crippen LogP contribution >= 0.6 is 0 Å². The molecular weight excluding hydrogens is 233 g/mol. The molecule has 1 aromatic carbocycles. The number of hydrogen-bond donors (Lipinski definition) is 1. The summed E-state index contributed by atoms with van der Waals surface area (Å²) in [4.78, 5) is 0. The van der Waals surface area contributed by atoms with Crippen LogP contribution in [-0.4, -0.2) is 12.2 Å². The van der Waals surface area contributed by atoms with Crippen molar-refractivity contribution < 1.29 is 13.9 Å². The lowest BCUT2D eigenvalue weighted by molar-refractivity contribution is 0.204. The molecule has 102 valence electrons. The van der Waals surface area contributed by atoms with Gasteiger partial charge in [-0.3, -0.25) is 0 Å². The summed E-state index contributed by atoms with van der Waals surface area (Å²) in [6.07, 6.45) is 1.91. The van der Waals surface area contributed by atoms with Gasteiger partial charge in [0.25, 0.3) is 0 Å². The van der Waals surface area contributed by atoms with E-state index in [9.17, 15) is 4.39 Å². The molecule has 18 heavy (non-hydrogen) atoms. The lowest BCUT2D eigenvalue weighted by Gasteiger charge is -2.18. The number of anilines is 1. The summed E-state index contributed by atoms with van der Waals surface area (Å²) < 4.78 is 24.7. The van der Waals surface area contributed by atoms with Crippen LogP contribution in [0.15, 0.2) is 12.1 Å². The maximum Gasteiger partial charge on any atom is 0.167 e. The minimum Gasteiger partial charge on any atom is -0.488 e. The molecular formula is C14H22FNO2. The zero-order valence-electron chi connectivity index (χ0n) is 11.5. The molecule has 0 radical (unpaired) electrons. The largest absolute Gasteiger partial charge is 0.488 e. The topological polar surface area (TPSA) is 44.5 Å². The summed E-state index contributed by atoms with van der Waals surface area (Å²) in [6, 6.07) is 2.77. The van der Waals surface area contributed by atoms with Gasteiger partial charge in [-0.1, -0.05) is 13.3 Å². The van der Waals surface area contributed by atoms with E-state index in [2.05, 4.69) is 6.92 Å². The third-order valence-electron chi connectivity index (χ3n) is 2.45. The Hall–Kier alpha value is -1.45. The fourth-order valence-electron chi connectivity index (χ4n) is 1.68. The summed E-state index contributed by atoms with van der Waals surface area (Å²) in [7, 11) is 0. The minimum atomic E-state index is -0.461. The maximum atomic E-state index is 13.6. The molecule has 1 rings (SSSR count). The highest BCUT2D eigenvalue weighted by Gasteiger charge is 2.13. The second-order valence-corrected chi connectivity index (χ2v) is 4.70. The summed E-state index contributed by atoms with van der Waals surface area (Å²) in [6.45, 7) is 7.74. The van der Waals surface area contributed by atoms with Gasteiger partial charge in [-0.25, -0.2) is 4.39 Å². The van der Waals surface area contributed by atoms with Gasteiger partial charge in [0, 0.05) is 12.1 Å². The van der Waals surface area contributed by atoms with Crippen molar-refractivity contribution >= 4 is 5.69 Å². The summed E-state index contributed by atoms with van der Waals surface area (Å²) in [5.41, 5.74) is 6.04. The van der Waals surface area contributed by atoms with Crippen LogP contribution in [0.1, 0.15) is 40.5 Å². The van der Waals surface area contributed by atoms with Gasteiger partial charge in [0.15, 0.2) is 11.6 Å². The average molecular weight is 255 g/mol. The van der Waals surface area contributed by atoms with E-state index in [1.54, 1.807) is 0 Å². The summed E-state index contributed by atoms with van der Waals surface area (Å²) in [5.74, 6) is 0.197. The lowest BCUT2D eigenvalue weighted by Crippen LogP contribution is -2.13. The van der Waals surface area contributed by atoms with Crippen LogP contribution in [-0.2, 0) is 0 Å². The van der Waals surface area contributed by atoms with Gasteiger partial charge >= 0.3 is 0 Å². The molecule has 0 bridgehead atoms. The monoisotopic (exact) mass is 255 g/mol. The van der Waals surface area contributed by atoms with Gasteiger partial charge in [-0.2, -0.15) is 0 Å². The van der Waals surface area contributed by atoms with Crippen LogP contribution in [0.3, 0.4) is 0 Å². The van der Waals surface area contributed by atoms with E-state index in [1.807, 2.05) is 20.8 Å². The molecule has 0 amide bonds. The van der Waals surface area contributed by atoms with Crippen molar-refractivity contribution in [2.45, 2.75) is 52.7 Å². The fourth-order valence-corrected chi connectivity index (χ4v) is 1.68. The Kier molecular flexibility index (Phi) is 5.25. The van der Waals surface area contributed by atoms with Gasteiger partial charge in [0.05, 0.1) is 17.9 Å². The number of ether oxygens (including phenoxy) is 2. The molecule has 0 saturated carbocycles. The molecule has 0 saturated heterocycles. The quantitative estimate of drug-likeness (QED) is 0.787. The van der Waals surface area contributed by atoms with Gasteiger partial charge < -0.3 is 15.2 Å². The van der Waals surface area contributed by atoms with Crippen LogP contribution in [0.4, 0.5) is 10.1 Å². The molecule has 1 atom stereocenters. The normalized spacial score (nSPS) is 12.6. The second-order valence-electron chi connectivity index (χ2n) is 4.70.